The largest absolute Gasteiger partial charge is 0.481 e. The van der Waals surface area contributed by atoms with Gasteiger partial charge in [0.15, 0.2) is 0 Å². The maximum absolute atomic E-state index is 11.6. The van der Waals surface area contributed by atoms with Gasteiger partial charge in [0.2, 0.25) is 0 Å². The van der Waals surface area contributed by atoms with E-state index in [-0.39, 0.29) is 18.5 Å². The lowest BCUT2D eigenvalue weighted by molar-refractivity contribution is -0.137. The second kappa shape index (κ2) is 10.7. The molecule has 0 radical (unpaired) electrons. The van der Waals surface area contributed by atoms with Gasteiger partial charge in [-0.1, -0.05) is 13.3 Å². The first-order valence-electron chi connectivity index (χ1n) is 6.91. The summed E-state index contributed by atoms with van der Waals surface area (Å²) in [4.78, 5) is 22.1. The summed E-state index contributed by atoms with van der Waals surface area (Å²) in [5.41, 5.74) is 0. The Labute approximate surface area is 123 Å². The summed E-state index contributed by atoms with van der Waals surface area (Å²) in [7, 11) is -0.932. The van der Waals surface area contributed by atoms with Crippen LogP contribution < -0.4 is 10.6 Å². The summed E-state index contributed by atoms with van der Waals surface area (Å²) in [5.74, 6) is -0.0358. The van der Waals surface area contributed by atoms with Crippen molar-refractivity contribution in [2.75, 3.05) is 18.6 Å². The van der Waals surface area contributed by atoms with Crippen molar-refractivity contribution in [3.05, 3.63) is 0 Å². The number of aliphatic carboxylic acids is 1. The monoisotopic (exact) mass is 306 g/mol. The lowest BCUT2D eigenvalue weighted by Crippen LogP contribution is -2.43. The molecule has 2 amide bonds. The van der Waals surface area contributed by atoms with Crippen molar-refractivity contribution in [3.8, 4) is 0 Å². The second-order valence-electron chi connectivity index (χ2n) is 5.04. The number of rotatable bonds is 10. The number of carbonyl (C=O) groups excluding carboxylic acids is 1. The molecular weight excluding hydrogens is 280 g/mol. The molecule has 0 saturated carbocycles. The molecule has 0 spiro atoms. The molecule has 0 aliphatic carbocycles. The van der Waals surface area contributed by atoms with E-state index in [1.165, 1.54) is 0 Å². The van der Waals surface area contributed by atoms with Gasteiger partial charge in [0.05, 0.1) is 0 Å². The topological polar surface area (TPSA) is 95.5 Å². The summed E-state index contributed by atoms with van der Waals surface area (Å²) >= 11 is 0. The van der Waals surface area contributed by atoms with Crippen LogP contribution in [-0.2, 0) is 15.6 Å². The molecule has 0 aromatic heterocycles. The Kier molecular flexibility index (Phi) is 10.1. The molecular formula is C13H26N2O4S. The summed E-state index contributed by atoms with van der Waals surface area (Å²) in [6, 6.07) is -0.397. The third-order valence-electron chi connectivity index (χ3n) is 3.04. The van der Waals surface area contributed by atoms with Crippen molar-refractivity contribution in [2.45, 2.75) is 45.6 Å². The van der Waals surface area contributed by atoms with E-state index in [0.29, 0.717) is 24.6 Å². The fraction of sp³-hybridized carbons (Fsp3) is 0.846. The number of urea groups is 1. The first-order valence-corrected chi connectivity index (χ1v) is 8.64. The lowest BCUT2D eigenvalue weighted by Gasteiger charge is -2.16. The van der Waals surface area contributed by atoms with Gasteiger partial charge in [0, 0.05) is 41.8 Å². The van der Waals surface area contributed by atoms with Crippen molar-refractivity contribution in [1.82, 2.24) is 10.6 Å². The number of nitrogens with one attached hydrogen (secondary N) is 2. The lowest BCUT2D eigenvalue weighted by atomic mass is 9.97. The van der Waals surface area contributed by atoms with Gasteiger partial charge < -0.3 is 15.7 Å². The van der Waals surface area contributed by atoms with Crippen LogP contribution in [0.5, 0.6) is 0 Å². The van der Waals surface area contributed by atoms with Crippen LogP contribution in [0.25, 0.3) is 0 Å². The molecule has 0 fully saturated rings. The van der Waals surface area contributed by atoms with Crippen LogP contribution in [0.15, 0.2) is 0 Å². The Hall–Kier alpha value is -1.11. The molecule has 0 aromatic rings. The number of hydrogen-bond donors (Lipinski definition) is 3. The summed E-state index contributed by atoms with van der Waals surface area (Å²) in [6.07, 6.45) is 4.09. The van der Waals surface area contributed by atoms with Crippen LogP contribution in [0.3, 0.4) is 0 Å². The molecule has 0 bridgehead atoms. The number of amides is 2. The Morgan fingerprint density at radius 1 is 1.30 bits per heavy atom. The maximum Gasteiger partial charge on any atom is 0.315 e. The average molecular weight is 306 g/mol. The van der Waals surface area contributed by atoms with Gasteiger partial charge in [-0.25, -0.2) is 4.79 Å². The number of hydrogen-bond acceptors (Lipinski definition) is 3. The fourth-order valence-electron chi connectivity index (χ4n) is 1.94. The van der Waals surface area contributed by atoms with E-state index in [9.17, 15) is 13.8 Å². The number of carboxylic acid groups (broad SMARTS) is 1. The second-order valence-corrected chi connectivity index (χ2v) is 6.52. The third kappa shape index (κ3) is 10.8. The zero-order valence-electron chi connectivity index (χ0n) is 12.5. The predicted octanol–water partition coefficient (Wildman–Crippen LogP) is 1.33. The van der Waals surface area contributed by atoms with E-state index in [2.05, 4.69) is 10.6 Å². The Morgan fingerprint density at radius 2 is 1.95 bits per heavy atom. The van der Waals surface area contributed by atoms with Gasteiger partial charge in [0.25, 0.3) is 0 Å². The highest BCUT2D eigenvalue weighted by Gasteiger charge is 2.11. The smallest absolute Gasteiger partial charge is 0.315 e. The molecule has 0 aliphatic rings. The summed E-state index contributed by atoms with van der Waals surface area (Å²) in [5, 5.41) is 14.1. The molecule has 0 aromatic carbocycles. The SMILES string of the molecule is CCC(CCNC(=O)NC(C)CS(C)=O)CCC(=O)O. The summed E-state index contributed by atoms with van der Waals surface area (Å²) < 4.78 is 11.0. The van der Waals surface area contributed by atoms with E-state index in [0.717, 1.165) is 12.8 Å². The highest BCUT2D eigenvalue weighted by atomic mass is 32.2. The molecule has 0 rings (SSSR count). The van der Waals surface area contributed by atoms with E-state index >= 15 is 0 Å². The van der Waals surface area contributed by atoms with E-state index in [4.69, 9.17) is 5.11 Å². The minimum Gasteiger partial charge on any atom is -0.481 e. The average Bonchev–Trinajstić information content (AvgIpc) is 2.31. The molecule has 20 heavy (non-hydrogen) atoms. The highest BCUT2D eigenvalue weighted by Crippen LogP contribution is 2.14. The van der Waals surface area contributed by atoms with Crippen molar-refractivity contribution in [2.24, 2.45) is 5.92 Å². The Morgan fingerprint density at radius 3 is 2.45 bits per heavy atom. The van der Waals surface area contributed by atoms with Crippen LogP contribution in [0.2, 0.25) is 0 Å². The molecule has 0 heterocycles. The molecule has 6 nitrogen and oxygen atoms in total. The maximum atomic E-state index is 11.6. The molecule has 3 atom stereocenters. The quantitative estimate of drug-likeness (QED) is 0.567. The van der Waals surface area contributed by atoms with E-state index < -0.39 is 16.8 Å². The molecule has 3 unspecified atom stereocenters. The highest BCUT2D eigenvalue weighted by molar-refractivity contribution is 7.84. The Bertz CT molecular complexity index is 336. The van der Waals surface area contributed by atoms with E-state index in [1.54, 1.807) is 6.26 Å². The standard InChI is InChI=1S/C13H26N2O4S/c1-4-11(5-6-12(16)17)7-8-14-13(18)15-10(2)9-20(3)19/h10-11H,4-9H2,1-3H3,(H,16,17)(H2,14,15,18). The van der Waals surface area contributed by atoms with Crippen LogP contribution in [0.1, 0.15) is 39.5 Å². The number of carbonyl (C=O) groups is 2. The minimum atomic E-state index is -0.932. The van der Waals surface area contributed by atoms with Crippen molar-refractivity contribution in [1.29, 1.82) is 0 Å². The first-order chi connectivity index (χ1) is 9.35. The van der Waals surface area contributed by atoms with Gasteiger partial charge in [-0.3, -0.25) is 9.00 Å². The molecule has 7 heteroatoms. The van der Waals surface area contributed by atoms with Gasteiger partial charge in [-0.05, 0) is 25.7 Å². The fourth-order valence-corrected chi connectivity index (χ4v) is 2.73. The van der Waals surface area contributed by atoms with Crippen LogP contribution >= 0.6 is 0 Å². The minimum absolute atomic E-state index is 0.130. The zero-order chi connectivity index (χ0) is 15.5. The Balaban J connectivity index is 3.82. The van der Waals surface area contributed by atoms with Crippen LogP contribution in [0.4, 0.5) is 4.79 Å². The molecule has 0 aliphatic heterocycles. The van der Waals surface area contributed by atoms with Gasteiger partial charge in [-0.2, -0.15) is 0 Å². The molecule has 118 valence electrons. The normalized spacial score (nSPS) is 15.2. The van der Waals surface area contributed by atoms with Crippen molar-refractivity contribution >= 4 is 22.8 Å². The molecule has 0 saturated heterocycles. The van der Waals surface area contributed by atoms with Gasteiger partial charge in [0.1, 0.15) is 0 Å². The van der Waals surface area contributed by atoms with Gasteiger partial charge >= 0.3 is 12.0 Å². The van der Waals surface area contributed by atoms with Crippen molar-refractivity contribution < 1.29 is 18.9 Å². The predicted molar refractivity (Wildman–Crippen MR) is 80.2 cm³/mol. The van der Waals surface area contributed by atoms with E-state index in [1.807, 2.05) is 13.8 Å². The van der Waals surface area contributed by atoms with Crippen LogP contribution in [0, 0.1) is 5.92 Å². The van der Waals surface area contributed by atoms with Gasteiger partial charge in [-0.15, -0.1) is 0 Å². The molecule has 3 N–H and O–H groups in total. The first kappa shape index (κ1) is 18.9. The zero-order valence-corrected chi connectivity index (χ0v) is 13.3. The number of carboxylic acids is 1. The van der Waals surface area contributed by atoms with Crippen LogP contribution in [-0.4, -0.2) is 45.9 Å². The summed E-state index contributed by atoms with van der Waals surface area (Å²) in [6.45, 7) is 4.35. The van der Waals surface area contributed by atoms with Crippen molar-refractivity contribution in [3.63, 3.8) is 0 Å². The third-order valence-corrected chi connectivity index (χ3v) is 4.01.